The molecule has 0 amide bonds. The minimum atomic E-state index is -0.0505. The highest BCUT2D eigenvalue weighted by atomic mass is 15.2. The molecular formula is C60H49BN4. The van der Waals surface area contributed by atoms with Crippen LogP contribution < -0.4 is 26.2 Å². The molecule has 0 spiro atoms. The summed E-state index contributed by atoms with van der Waals surface area (Å²) in [6, 6.07) is 69.5. The molecule has 5 heteroatoms. The minimum absolute atomic E-state index is 0.00919. The van der Waals surface area contributed by atoms with Crippen molar-refractivity contribution in [3.63, 3.8) is 0 Å². The zero-order valence-electron chi connectivity index (χ0n) is 37.8. The number of para-hydroxylation sites is 1. The van der Waals surface area contributed by atoms with Gasteiger partial charge in [0, 0.05) is 61.4 Å². The molecule has 12 rings (SSSR count). The SMILES string of the molecule is CC(C)(C)c1ccc(N2c3cc(-c4nc(-c5ccccc5)nc5ccccc45)cc4c3B(c3ccc5ccccc5c32)c2ccc3ccccc3c2N4c2ccc(C(C)(C)C)cc2)cc1. The Morgan fingerprint density at radius 2 is 0.877 bits per heavy atom. The highest BCUT2D eigenvalue weighted by molar-refractivity contribution is 7.00. The molecule has 3 heterocycles. The molecule has 9 aromatic carbocycles. The number of hydrogen-bond donors (Lipinski definition) is 0. The van der Waals surface area contributed by atoms with Crippen molar-refractivity contribution >= 4 is 89.7 Å². The van der Waals surface area contributed by atoms with E-state index in [9.17, 15) is 0 Å². The Hall–Kier alpha value is -7.50. The lowest BCUT2D eigenvalue weighted by molar-refractivity contribution is 0.590. The molecular weight excluding hydrogens is 787 g/mol. The second kappa shape index (κ2) is 14.5. The third kappa shape index (κ3) is 6.28. The summed E-state index contributed by atoms with van der Waals surface area (Å²) in [6.45, 7) is 13.7. The Balaban J connectivity index is 1.24. The molecule has 0 fully saturated rings. The average molecular weight is 837 g/mol. The zero-order chi connectivity index (χ0) is 44.2. The fraction of sp³-hybridized carbons (Fsp3) is 0.133. The van der Waals surface area contributed by atoms with E-state index in [1.165, 1.54) is 60.4 Å². The first-order valence-electron chi connectivity index (χ1n) is 22.9. The Labute approximate surface area is 382 Å². The van der Waals surface area contributed by atoms with Crippen LogP contribution in [0.1, 0.15) is 52.7 Å². The summed E-state index contributed by atoms with van der Waals surface area (Å²) in [5.41, 5.74) is 17.3. The van der Waals surface area contributed by atoms with Gasteiger partial charge in [-0.1, -0.05) is 187 Å². The third-order valence-electron chi connectivity index (χ3n) is 13.7. The van der Waals surface area contributed by atoms with Gasteiger partial charge in [0.2, 0.25) is 0 Å². The normalized spacial score (nSPS) is 13.3. The van der Waals surface area contributed by atoms with Gasteiger partial charge in [-0.15, -0.1) is 0 Å². The van der Waals surface area contributed by atoms with Gasteiger partial charge in [0.25, 0.3) is 6.71 Å². The van der Waals surface area contributed by atoms with E-state index in [-0.39, 0.29) is 17.5 Å². The van der Waals surface area contributed by atoms with Crippen molar-refractivity contribution in [1.82, 2.24) is 9.97 Å². The van der Waals surface area contributed by atoms with Crippen molar-refractivity contribution in [3.05, 3.63) is 199 Å². The summed E-state index contributed by atoms with van der Waals surface area (Å²) in [5, 5.41) is 5.90. The predicted molar refractivity (Wildman–Crippen MR) is 277 cm³/mol. The van der Waals surface area contributed by atoms with Crippen LogP contribution in [0, 0.1) is 0 Å². The van der Waals surface area contributed by atoms with Gasteiger partial charge in [0.05, 0.1) is 11.2 Å². The van der Waals surface area contributed by atoms with Crippen LogP contribution in [-0.2, 0) is 10.8 Å². The topological polar surface area (TPSA) is 32.3 Å². The van der Waals surface area contributed by atoms with E-state index in [2.05, 4.69) is 233 Å². The Morgan fingerprint density at radius 3 is 1.38 bits per heavy atom. The first kappa shape index (κ1) is 39.1. The summed E-state index contributed by atoms with van der Waals surface area (Å²) < 4.78 is 0. The summed E-state index contributed by atoms with van der Waals surface area (Å²) in [4.78, 5) is 15.8. The second-order valence-electron chi connectivity index (χ2n) is 19.9. The van der Waals surface area contributed by atoms with Crippen molar-refractivity contribution in [2.75, 3.05) is 9.80 Å². The molecule has 0 saturated heterocycles. The quantitative estimate of drug-likeness (QED) is 0.165. The summed E-state index contributed by atoms with van der Waals surface area (Å²) >= 11 is 0. The van der Waals surface area contributed by atoms with Crippen molar-refractivity contribution in [3.8, 4) is 22.6 Å². The Morgan fingerprint density at radius 1 is 0.415 bits per heavy atom. The van der Waals surface area contributed by atoms with Gasteiger partial charge >= 0.3 is 0 Å². The van der Waals surface area contributed by atoms with Crippen LogP contribution in [0.5, 0.6) is 0 Å². The van der Waals surface area contributed by atoms with E-state index in [1.54, 1.807) is 0 Å². The molecule has 4 nitrogen and oxygen atoms in total. The van der Waals surface area contributed by atoms with Crippen LogP contribution in [0.15, 0.2) is 188 Å². The van der Waals surface area contributed by atoms with Gasteiger partial charge in [-0.05, 0) is 91.6 Å². The fourth-order valence-electron chi connectivity index (χ4n) is 10.4. The van der Waals surface area contributed by atoms with E-state index in [0.717, 1.165) is 50.5 Å². The maximum absolute atomic E-state index is 5.52. The lowest BCUT2D eigenvalue weighted by Crippen LogP contribution is -2.61. The Bertz CT molecular complexity index is 3340. The molecule has 0 saturated carbocycles. The van der Waals surface area contributed by atoms with Crippen molar-refractivity contribution < 1.29 is 0 Å². The number of nitrogens with zero attached hydrogens (tertiary/aromatic N) is 4. The molecule has 65 heavy (non-hydrogen) atoms. The van der Waals surface area contributed by atoms with Crippen molar-refractivity contribution in [1.29, 1.82) is 0 Å². The number of fused-ring (bicyclic) bond motifs is 9. The number of anilines is 6. The number of rotatable bonds is 4. The van der Waals surface area contributed by atoms with Crippen LogP contribution in [0.25, 0.3) is 55.1 Å². The first-order chi connectivity index (χ1) is 31.5. The monoisotopic (exact) mass is 836 g/mol. The first-order valence-corrected chi connectivity index (χ1v) is 22.9. The van der Waals surface area contributed by atoms with Gasteiger partial charge in [-0.3, -0.25) is 0 Å². The number of benzene rings is 9. The van der Waals surface area contributed by atoms with E-state index in [0.29, 0.717) is 5.82 Å². The lowest BCUT2D eigenvalue weighted by atomic mass is 9.33. The van der Waals surface area contributed by atoms with Crippen LogP contribution in [0.3, 0.4) is 0 Å². The van der Waals surface area contributed by atoms with Crippen LogP contribution >= 0.6 is 0 Å². The van der Waals surface area contributed by atoms with Crippen LogP contribution in [0.2, 0.25) is 0 Å². The molecule has 0 radical (unpaired) electrons. The summed E-state index contributed by atoms with van der Waals surface area (Å²) in [6.07, 6.45) is 0. The van der Waals surface area contributed by atoms with Gasteiger partial charge < -0.3 is 9.80 Å². The van der Waals surface area contributed by atoms with E-state index in [4.69, 9.17) is 9.97 Å². The molecule has 0 atom stereocenters. The molecule has 0 unspecified atom stereocenters. The summed E-state index contributed by atoms with van der Waals surface area (Å²) in [5.74, 6) is 0.709. The maximum atomic E-state index is 5.52. The van der Waals surface area contributed by atoms with E-state index < -0.39 is 0 Å². The second-order valence-corrected chi connectivity index (χ2v) is 19.9. The fourth-order valence-corrected chi connectivity index (χ4v) is 10.4. The lowest BCUT2D eigenvalue weighted by Gasteiger charge is -2.45. The standard InChI is InChI=1S/C60H49BN4/c1-59(2,3)42-26-30-44(31-27-42)64-52-36-41(55-48-22-14-15-23-51(48)62-58(63-55)40-18-8-7-9-19-40)37-53-54(52)61(49-34-24-38-16-10-12-20-46(38)56(49)64)50-35-25-39-17-11-13-21-47(39)57(50)65(53)45-32-28-43(29-33-45)60(4,5)6/h7-37H,1-6H3. The molecule has 0 N–H and O–H groups in total. The highest BCUT2D eigenvalue weighted by Gasteiger charge is 2.45. The number of hydrogen-bond acceptors (Lipinski definition) is 4. The average Bonchev–Trinajstić information content (AvgIpc) is 3.33. The summed E-state index contributed by atoms with van der Waals surface area (Å²) in [7, 11) is 0. The zero-order valence-corrected chi connectivity index (χ0v) is 37.8. The molecule has 0 aliphatic carbocycles. The van der Waals surface area contributed by atoms with E-state index >= 15 is 0 Å². The van der Waals surface area contributed by atoms with Crippen LogP contribution in [0.4, 0.5) is 34.1 Å². The van der Waals surface area contributed by atoms with Gasteiger partial charge in [0.1, 0.15) is 0 Å². The third-order valence-corrected chi connectivity index (χ3v) is 13.7. The van der Waals surface area contributed by atoms with Crippen LogP contribution in [-0.4, -0.2) is 16.7 Å². The van der Waals surface area contributed by atoms with Gasteiger partial charge in [-0.25, -0.2) is 9.97 Å². The van der Waals surface area contributed by atoms with Crippen molar-refractivity contribution in [2.45, 2.75) is 52.4 Å². The molecule has 10 aromatic rings. The largest absolute Gasteiger partial charge is 0.311 e. The highest BCUT2D eigenvalue weighted by Crippen LogP contribution is 2.49. The van der Waals surface area contributed by atoms with Gasteiger partial charge in [0.15, 0.2) is 5.82 Å². The molecule has 1 aromatic heterocycles. The number of aromatic nitrogens is 2. The minimum Gasteiger partial charge on any atom is -0.311 e. The molecule has 2 aliphatic heterocycles. The smallest absolute Gasteiger partial charge is 0.252 e. The molecule has 2 aliphatic rings. The Kier molecular flexibility index (Phi) is 8.74. The van der Waals surface area contributed by atoms with Crippen molar-refractivity contribution in [2.24, 2.45) is 0 Å². The maximum Gasteiger partial charge on any atom is 0.252 e. The molecule has 0 bridgehead atoms. The molecule has 312 valence electrons. The van der Waals surface area contributed by atoms with Gasteiger partial charge in [-0.2, -0.15) is 0 Å². The van der Waals surface area contributed by atoms with E-state index in [1.807, 2.05) is 6.07 Å². The predicted octanol–water partition coefficient (Wildman–Crippen LogP) is 13.9.